The van der Waals surface area contributed by atoms with E-state index >= 15 is 0 Å². The average molecular weight is 196 g/mol. The van der Waals surface area contributed by atoms with Gasteiger partial charge in [0.15, 0.2) is 0 Å². The van der Waals surface area contributed by atoms with Crippen LogP contribution < -0.4 is 0 Å². The summed E-state index contributed by atoms with van der Waals surface area (Å²) < 4.78 is 0.0187. The van der Waals surface area contributed by atoms with E-state index in [0.29, 0.717) is 11.8 Å². The van der Waals surface area contributed by atoms with Crippen molar-refractivity contribution >= 4 is 12.6 Å². The van der Waals surface area contributed by atoms with Gasteiger partial charge in [0.05, 0.1) is 0 Å². The van der Waals surface area contributed by atoms with E-state index in [1.807, 2.05) is 0 Å². The van der Waals surface area contributed by atoms with Gasteiger partial charge >= 0.3 is 0 Å². The molecular weight excluding hydrogens is 176 g/mol. The van der Waals surface area contributed by atoms with Gasteiger partial charge in [-0.3, -0.25) is 0 Å². The van der Waals surface area contributed by atoms with Crippen LogP contribution >= 0.6 is 12.6 Å². The minimum absolute atomic E-state index is 0.0187. The highest BCUT2D eigenvalue weighted by atomic mass is 32.1. The molecule has 0 N–H and O–H groups in total. The molecule has 13 heavy (non-hydrogen) atoms. The van der Waals surface area contributed by atoms with Gasteiger partial charge in [0, 0.05) is 4.75 Å². The van der Waals surface area contributed by atoms with Crippen molar-refractivity contribution in [2.24, 2.45) is 11.8 Å². The van der Waals surface area contributed by atoms with Gasteiger partial charge in [-0.2, -0.15) is 12.6 Å². The Balaban J connectivity index is 2.96. The van der Waals surface area contributed by atoms with Crippen molar-refractivity contribution < 1.29 is 0 Å². The molecule has 0 fully saturated rings. The van der Waals surface area contributed by atoms with Crippen LogP contribution in [0.2, 0.25) is 0 Å². The molecular formula is C12H20S. The third-order valence-corrected chi connectivity index (χ3v) is 3.12. The summed E-state index contributed by atoms with van der Waals surface area (Å²) in [4.78, 5) is 0. The van der Waals surface area contributed by atoms with Gasteiger partial charge in [-0.25, -0.2) is 0 Å². The zero-order chi connectivity index (χ0) is 10.2. The smallest absolute Gasteiger partial charge is 0.0287 e. The SMILES string of the molecule is CC1=CC(C)C(C(C)(C)S)=CC1C. The Bertz CT molecular complexity index is 253. The van der Waals surface area contributed by atoms with E-state index in [0.717, 1.165) is 0 Å². The highest BCUT2D eigenvalue weighted by Crippen LogP contribution is 2.36. The van der Waals surface area contributed by atoms with Crippen LogP contribution in [0, 0.1) is 11.8 Å². The third kappa shape index (κ3) is 2.40. The van der Waals surface area contributed by atoms with Crippen molar-refractivity contribution in [3.05, 3.63) is 23.3 Å². The fourth-order valence-corrected chi connectivity index (χ4v) is 2.23. The molecule has 0 radical (unpaired) electrons. The quantitative estimate of drug-likeness (QED) is 0.478. The molecule has 0 aliphatic heterocycles. The van der Waals surface area contributed by atoms with E-state index in [1.54, 1.807) is 0 Å². The third-order valence-electron chi connectivity index (χ3n) is 2.86. The summed E-state index contributed by atoms with van der Waals surface area (Å²) in [7, 11) is 0. The maximum atomic E-state index is 4.63. The van der Waals surface area contributed by atoms with E-state index in [4.69, 9.17) is 0 Å². The van der Waals surface area contributed by atoms with Crippen molar-refractivity contribution in [3.8, 4) is 0 Å². The van der Waals surface area contributed by atoms with Crippen LogP contribution in [-0.4, -0.2) is 4.75 Å². The molecule has 2 atom stereocenters. The summed E-state index contributed by atoms with van der Waals surface area (Å²) in [5.41, 5.74) is 2.93. The van der Waals surface area contributed by atoms with Gasteiger partial charge in [-0.05, 0) is 32.6 Å². The molecule has 0 nitrogen and oxygen atoms in total. The van der Waals surface area contributed by atoms with Crippen molar-refractivity contribution in [3.63, 3.8) is 0 Å². The Labute approximate surface area is 87.5 Å². The predicted octanol–water partition coefficient (Wildman–Crippen LogP) is 3.85. The molecule has 0 amide bonds. The van der Waals surface area contributed by atoms with Crippen LogP contribution in [0.3, 0.4) is 0 Å². The van der Waals surface area contributed by atoms with Crippen LogP contribution in [0.15, 0.2) is 23.3 Å². The van der Waals surface area contributed by atoms with Crippen LogP contribution in [0.1, 0.15) is 34.6 Å². The Morgan fingerprint density at radius 1 is 1.15 bits per heavy atom. The minimum Gasteiger partial charge on any atom is -0.169 e. The lowest BCUT2D eigenvalue weighted by molar-refractivity contribution is 0.654. The first-order chi connectivity index (χ1) is 5.82. The van der Waals surface area contributed by atoms with E-state index in [9.17, 15) is 0 Å². The fourth-order valence-electron chi connectivity index (χ4n) is 1.95. The number of thiol groups is 1. The van der Waals surface area contributed by atoms with Crippen molar-refractivity contribution in [2.45, 2.75) is 39.4 Å². The maximum absolute atomic E-state index is 4.63. The molecule has 0 bridgehead atoms. The highest BCUT2D eigenvalue weighted by Gasteiger charge is 2.25. The Hall–Kier alpha value is -0.170. The molecule has 0 aromatic heterocycles. The van der Waals surface area contributed by atoms with Crippen LogP contribution in [0.5, 0.6) is 0 Å². The standard InChI is InChI=1S/C12H20S/c1-8-6-10(3)11(7-9(8)2)12(4,5)13/h6-7,9-10,13H,1-5H3. The van der Waals surface area contributed by atoms with Gasteiger partial charge in [-0.15, -0.1) is 0 Å². The van der Waals surface area contributed by atoms with Crippen LogP contribution in [-0.2, 0) is 0 Å². The second kappa shape index (κ2) is 3.53. The Morgan fingerprint density at radius 3 is 2.15 bits per heavy atom. The predicted molar refractivity (Wildman–Crippen MR) is 63.2 cm³/mol. The first kappa shape index (κ1) is 10.9. The van der Waals surface area contributed by atoms with Gasteiger partial charge < -0.3 is 0 Å². The first-order valence-corrected chi connectivity index (χ1v) is 5.40. The number of hydrogen-bond acceptors (Lipinski definition) is 1. The minimum atomic E-state index is 0.0187. The molecule has 0 saturated heterocycles. The molecule has 0 aromatic carbocycles. The number of allylic oxidation sites excluding steroid dienone is 3. The largest absolute Gasteiger partial charge is 0.169 e. The number of hydrogen-bond donors (Lipinski definition) is 1. The molecule has 1 heteroatoms. The molecule has 74 valence electrons. The van der Waals surface area contributed by atoms with Crippen molar-refractivity contribution in [2.75, 3.05) is 0 Å². The van der Waals surface area contributed by atoms with Crippen molar-refractivity contribution in [1.82, 2.24) is 0 Å². The summed E-state index contributed by atoms with van der Waals surface area (Å²) in [6, 6.07) is 0. The molecule has 0 aromatic rings. The van der Waals surface area contributed by atoms with Crippen LogP contribution in [0.4, 0.5) is 0 Å². The lowest BCUT2D eigenvalue weighted by Gasteiger charge is -2.31. The Kier molecular flexibility index (Phi) is 2.96. The van der Waals surface area contributed by atoms with E-state index in [2.05, 4.69) is 59.4 Å². The second-order valence-electron chi connectivity index (χ2n) is 4.67. The summed E-state index contributed by atoms with van der Waals surface area (Å²) in [6.45, 7) is 11.0. The number of rotatable bonds is 1. The summed E-state index contributed by atoms with van der Waals surface area (Å²) in [5, 5.41) is 0. The maximum Gasteiger partial charge on any atom is 0.0287 e. The highest BCUT2D eigenvalue weighted by molar-refractivity contribution is 7.82. The summed E-state index contributed by atoms with van der Waals surface area (Å²) in [6.07, 6.45) is 4.73. The topological polar surface area (TPSA) is 0 Å². The fraction of sp³-hybridized carbons (Fsp3) is 0.667. The van der Waals surface area contributed by atoms with Gasteiger partial charge in [0.2, 0.25) is 0 Å². The molecule has 2 unspecified atom stereocenters. The molecule has 0 spiro atoms. The molecule has 0 heterocycles. The van der Waals surface area contributed by atoms with Crippen molar-refractivity contribution in [1.29, 1.82) is 0 Å². The lowest BCUT2D eigenvalue weighted by atomic mass is 9.80. The van der Waals surface area contributed by atoms with Gasteiger partial charge in [0.25, 0.3) is 0 Å². The molecule has 1 rings (SSSR count). The second-order valence-corrected chi connectivity index (χ2v) is 5.79. The van der Waals surface area contributed by atoms with Crippen LogP contribution in [0.25, 0.3) is 0 Å². The monoisotopic (exact) mass is 196 g/mol. The van der Waals surface area contributed by atoms with E-state index in [1.165, 1.54) is 11.1 Å². The molecule has 0 saturated carbocycles. The zero-order valence-corrected chi connectivity index (χ0v) is 10.2. The molecule has 1 aliphatic carbocycles. The van der Waals surface area contributed by atoms with Gasteiger partial charge in [-0.1, -0.05) is 37.1 Å². The van der Waals surface area contributed by atoms with Gasteiger partial charge in [0.1, 0.15) is 0 Å². The molecule has 1 aliphatic rings. The zero-order valence-electron chi connectivity index (χ0n) is 9.26. The van der Waals surface area contributed by atoms with E-state index < -0.39 is 0 Å². The summed E-state index contributed by atoms with van der Waals surface area (Å²) in [5.74, 6) is 1.13. The average Bonchev–Trinajstić information content (AvgIpc) is 1.94. The lowest BCUT2D eigenvalue weighted by Crippen LogP contribution is -2.23. The Morgan fingerprint density at radius 2 is 1.69 bits per heavy atom. The normalized spacial score (nSPS) is 29.7. The van der Waals surface area contributed by atoms with E-state index in [-0.39, 0.29) is 4.75 Å². The first-order valence-electron chi connectivity index (χ1n) is 4.95. The summed E-state index contributed by atoms with van der Waals surface area (Å²) >= 11 is 4.63.